The second kappa shape index (κ2) is 5.63. The van der Waals surface area contributed by atoms with E-state index in [2.05, 4.69) is 4.98 Å². The molecular weight excluding hydrogens is 216 g/mol. The normalized spacial score (nSPS) is 10.6. The summed E-state index contributed by atoms with van der Waals surface area (Å²) in [5.41, 5.74) is 7.74. The molecule has 94 valence electrons. The fourth-order valence-corrected chi connectivity index (χ4v) is 1.57. The molecule has 0 radical (unpaired) electrons. The van der Waals surface area contributed by atoms with Crippen molar-refractivity contribution in [2.75, 3.05) is 27.2 Å². The lowest BCUT2D eigenvalue weighted by molar-refractivity contribution is 0.260. The number of nitrogens with zero attached hydrogens (tertiary/aromatic N) is 2. The van der Waals surface area contributed by atoms with Crippen molar-refractivity contribution in [3.63, 3.8) is 0 Å². The molecule has 0 unspecified atom stereocenters. The number of amidine groups is 1. The van der Waals surface area contributed by atoms with E-state index in [9.17, 15) is 0 Å². The van der Waals surface area contributed by atoms with E-state index in [0.717, 1.165) is 17.9 Å². The van der Waals surface area contributed by atoms with Crippen LogP contribution in [0.25, 0.3) is 0 Å². The Morgan fingerprint density at radius 3 is 2.65 bits per heavy atom. The van der Waals surface area contributed by atoms with Gasteiger partial charge in [0.05, 0.1) is 11.3 Å². The fraction of sp³-hybridized carbons (Fsp3) is 0.500. The first-order valence-electron chi connectivity index (χ1n) is 5.52. The summed E-state index contributed by atoms with van der Waals surface area (Å²) >= 11 is 0. The number of aromatic nitrogens is 1. The molecule has 0 saturated heterocycles. The number of nitrogens with two attached hydrogens (primary N) is 1. The first-order valence-corrected chi connectivity index (χ1v) is 5.52. The number of likely N-dealkylation sites (N-methyl/N-ethyl adjacent to an activating group) is 1. The number of ether oxygens (including phenoxy) is 1. The SMILES string of the molecule is Cc1cc(OCCN(C)C)c(C(=N)N)c(C)n1. The zero-order valence-corrected chi connectivity index (χ0v) is 10.9. The third-order valence-corrected chi connectivity index (χ3v) is 2.36. The number of rotatable bonds is 5. The first-order chi connectivity index (χ1) is 7.91. The van der Waals surface area contributed by atoms with Crippen molar-refractivity contribution in [1.82, 2.24) is 9.88 Å². The molecule has 0 fully saturated rings. The summed E-state index contributed by atoms with van der Waals surface area (Å²) in [5.74, 6) is 0.638. The topological polar surface area (TPSA) is 75.2 Å². The Hall–Kier alpha value is -1.62. The number of hydrogen-bond acceptors (Lipinski definition) is 4. The maximum atomic E-state index is 7.55. The van der Waals surface area contributed by atoms with E-state index in [0.29, 0.717) is 17.9 Å². The van der Waals surface area contributed by atoms with Crippen molar-refractivity contribution >= 4 is 5.84 Å². The average molecular weight is 236 g/mol. The lowest BCUT2D eigenvalue weighted by Gasteiger charge is -2.15. The van der Waals surface area contributed by atoms with Crippen molar-refractivity contribution < 1.29 is 4.74 Å². The average Bonchev–Trinajstić information content (AvgIpc) is 2.14. The Labute approximate surface area is 102 Å². The summed E-state index contributed by atoms with van der Waals surface area (Å²) in [5, 5.41) is 7.55. The summed E-state index contributed by atoms with van der Waals surface area (Å²) in [4.78, 5) is 6.32. The second-order valence-corrected chi connectivity index (χ2v) is 4.29. The molecule has 0 aliphatic heterocycles. The van der Waals surface area contributed by atoms with Gasteiger partial charge in [0.1, 0.15) is 18.2 Å². The van der Waals surface area contributed by atoms with Gasteiger partial charge in [0, 0.05) is 18.3 Å². The highest BCUT2D eigenvalue weighted by Crippen LogP contribution is 2.21. The number of nitrogen functional groups attached to an aromatic ring is 1. The van der Waals surface area contributed by atoms with Crippen molar-refractivity contribution in [3.8, 4) is 5.75 Å². The molecule has 17 heavy (non-hydrogen) atoms. The fourth-order valence-electron chi connectivity index (χ4n) is 1.57. The predicted molar refractivity (Wildman–Crippen MR) is 68.8 cm³/mol. The molecule has 0 aromatic carbocycles. The Bertz CT molecular complexity index is 415. The van der Waals surface area contributed by atoms with Gasteiger partial charge < -0.3 is 15.4 Å². The smallest absolute Gasteiger partial charge is 0.133 e. The maximum absolute atomic E-state index is 7.55. The van der Waals surface area contributed by atoms with Crippen LogP contribution in [0.5, 0.6) is 5.75 Å². The lowest BCUT2D eigenvalue weighted by atomic mass is 10.1. The van der Waals surface area contributed by atoms with Crippen LogP contribution in [0, 0.1) is 19.3 Å². The Balaban J connectivity index is 2.92. The van der Waals surface area contributed by atoms with Gasteiger partial charge in [-0.05, 0) is 27.9 Å². The Morgan fingerprint density at radius 1 is 1.47 bits per heavy atom. The molecule has 0 aliphatic rings. The standard InChI is InChI=1S/C12H20N4O/c1-8-7-10(17-6-5-16(3)4)11(12(13)14)9(2)15-8/h7H,5-6H2,1-4H3,(H3,13,14). The van der Waals surface area contributed by atoms with Crippen LogP contribution < -0.4 is 10.5 Å². The Kier molecular flexibility index (Phi) is 4.45. The van der Waals surface area contributed by atoms with Crippen molar-refractivity contribution in [1.29, 1.82) is 5.41 Å². The van der Waals surface area contributed by atoms with E-state index in [1.54, 1.807) is 0 Å². The minimum atomic E-state index is -0.00477. The molecule has 0 bridgehead atoms. The van der Waals surface area contributed by atoms with Crippen LogP contribution in [0.1, 0.15) is 17.0 Å². The third-order valence-electron chi connectivity index (χ3n) is 2.36. The zero-order chi connectivity index (χ0) is 13.0. The summed E-state index contributed by atoms with van der Waals surface area (Å²) in [6, 6.07) is 1.82. The molecule has 3 N–H and O–H groups in total. The predicted octanol–water partition coefficient (Wildman–Crippen LogP) is 0.923. The molecule has 0 amide bonds. The molecule has 0 spiro atoms. The molecule has 1 heterocycles. The van der Waals surface area contributed by atoms with Gasteiger partial charge in [0.25, 0.3) is 0 Å². The highest BCUT2D eigenvalue weighted by molar-refractivity contribution is 5.98. The van der Waals surface area contributed by atoms with E-state index < -0.39 is 0 Å². The molecule has 0 aliphatic carbocycles. The largest absolute Gasteiger partial charge is 0.491 e. The van der Waals surface area contributed by atoms with Gasteiger partial charge in [-0.3, -0.25) is 10.4 Å². The zero-order valence-electron chi connectivity index (χ0n) is 10.9. The van der Waals surface area contributed by atoms with Crippen molar-refractivity contribution in [3.05, 3.63) is 23.0 Å². The monoisotopic (exact) mass is 236 g/mol. The van der Waals surface area contributed by atoms with Crippen LogP contribution in [0.4, 0.5) is 0 Å². The highest BCUT2D eigenvalue weighted by atomic mass is 16.5. The maximum Gasteiger partial charge on any atom is 0.133 e. The lowest BCUT2D eigenvalue weighted by Crippen LogP contribution is -2.21. The van der Waals surface area contributed by atoms with Crippen LogP contribution in [0.2, 0.25) is 0 Å². The number of nitrogens with one attached hydrogen (secondary N) is 1. The molecule has 5 heteroatoms. The van der Waals surface area contributed by atoms with Gasteiger partial charge in [-0.2, -0.15) is 0 Å². The second-order valence-electron chi connectivity index (χ2n) is 4.29. The van der Waals surface area contributed by atoms with E-state index in [4.69, 9.17) is 15.9 Å². The molecule has 1 aromatic heterocycles. The highest BCUT2D eigenvalue weighted by Gasteiger charge is 2.12. The molecule has 0 saturated carbocycles. The van der Waals surface area contributed by atoms with Gasteiger partial charge in [-0.1, -0.05) is 0 Å². The molecule has 0 atom stereocenters. The molecule has 1 rings (SSSR count). The summed E-state index contributed by atoms with van der Waals surface area (Å²) < 4.78 is 5.67. The van der Waals surface area contributed by atoms with Crippen LogP contribution >= 0.6 is 0 Å². The number of pyridine rings is 1. The van der Waals surface area contributed by atoms with Crippen LogP contribution in [0.15, 0.2) is 6.07 Å². The minimum absolute atomic E-state index is 0.00477. The van der Waals surface area contributed by atoms with E-state index >= 15 is 0 Å². The van der Waals surface area contributed by atoms with Crippen molar-refractivity contribution in [2.45, 2.75) is 13.8 Å². The van der Waals surface area contributed by atoms with Gasteiger partial charge in [-0.15, -0.1) is 0 Å². The summed E-state index contributed by atoms with van der Waals surface area (Å²) in [7, 11) is 3.97. The van der Waals surface area contributed by atoms with Crippen LogP contribution in [-0.4, -0.2) is 43.0 Å². The summed E-state index contributed by atoms with van der Waals surface area (Å²) in [6.07, 6.45) is 0. The molecule has 5 nitrogen and oxygen atoms in total. The quantitative estimate of drug-likeness (QED) is 0.589. The minimum Gasteiger partial charge on any atom is -0.491 e. The van der Waals surface area contributed by atoms with E-state index in [-0.39, 0.29) is 5.84 Å². The van der Waals surface area contributed by atoms with Gasteiger partial charge in [0.2, 0.25) is 0 Å². The van der Waals surface area contributed by atoms with Crippen LogP contribution in [-0.2, 0) is 0 Å². The third kappa shape index (κ3) is 3.71. The van der Waals surface area contributed by atoms with Gasteiger partial charge in [0.15, 0.2) is 0 Å². The van der Waals surface area contributed by atoms with Crippen LogP contribution in [0.3, 0.4) is 0 Å². The molecular formula is C12H20N4O. The molecule has 1 aromatic rings. The van der Waals surface area contributed by atoms with E-state index in [1.165, 1.54) is 0 Å². The first kappa shape index (κ1) is 13.4. The van der Waals surface area contributed by atoms with Gasteiger partial charge >= 0.3 is 0 Å². The summed E-state index contributed by atoms with van der Waals surface area (Å²) in [6.45, 7) is 5.12. The van der Waals surface area contributed by atoms with E-state index in [1.807, 2.05) is 38.9 Å². The number of hydrogen-bond donors (Lipinski definition) is 2. The number of aryl methyl sites for hydroxylation is 2. The van der Waals surface area contributed by atoms with Gasteiger partial charge in [-0.25, -0.2) is 0 Å². The van der Waals surface area contributed by atoms with Crippen molar-refractivity contribution in [2.24, 2.45) is 5.73 Å². The Morgan fingerprint density at radius 2 is 2.12 bits per heavy atom.